The van der Waals surface area contributed by atoms with E-state index in [0.29, 0.717) is 12.5 Å². The number of aromatic nitrogens is 4. The van der Waals surface area contributed by atoms with Gasteiger partial charge < -0.3 is 4.74 Å². The molecule has 0 aliphatic heterocycles. The minimum Gasteiger partial charge on any atom is -0.377 e. The Morgan fingerprint density at radius 2 is 2.25 bits per heavy atom. The van der Waals surface area contributed by atoms with Gasteiger partial charge in [-0.05, 0) is 12.8 Å². The van der Waals surface area contributed by atoms with Gasteiger partial charge in [0.15, 0.2) is 5.82 Å². The fraction of sp³-hybridized carbons (Fsp3) is 0.667. The molecule has 0 aromatic carbocycles. The van der Waals surface area contributed by atoms with Crippen LogP contribution in [0.3, 0.4) is 0 Å². The Morgan fingerprint density at radius 3 is 3.00 bits per heavy atom. The number of alkyl halides is 1. The van der Waals surface area contributed by atoms with Gasteiger partial charge in [0.2, 0.25) is 4.96 Å². The highest BCUT2D eigenvalue weighted by molar-refractivity contribution is 7.16. The fourth-order valence-corrected chi connectivity index (χ4v) is 2.47. The van der Waals surface area contributed by atoms with Crippen LogP contribution in [-0.2, 0) is 17.8 Å². The molecule has 5 nitrogen and oxygen atoms in total. The average molecular weight is 261 g/mol. The Hall–Kier alpha value is -0.720. The third-order valence-corrected chi connectivity index (χ3v) is 3.37. The van der Waals surface area contributed by atoms with Crippen molar-refractivity contribution in [2.45, 2.75) is 25.9 Å². The van der Waals surface area contributed by atoms with E-state index in [0.717, 1.165) is 35.1 Å². The molecule has 0 saturated heterocycles. The zero-order chi connectivity index (χ0) is 11.4. The van der Waals surface area contributed by atoms with Crippen molar-refractivity contribution in [3.8, 4) is 0 Å². The first-order valence-electron chi connectivity index (χ1n) is 5.10. The zero-order valence-electron chi connectivity index (χ0n) is 9.02. The summed E-state index contributed by atoms with van der Waals surface area (Å²) in [6, 6.07) is 0. The summed E-state index contributed by atoms with van der Waals surface area (Å²) in [5.41, 5.74) is 0. The summed E-state index contributed by atoms with van der Waals surface area (Å²) in [6.45, 7) is 0.437. The smallest absolute Gasteiger partial charge is 0.234 e. The van der Waals surface area contributed by atoms with Crippen LogP contribution in [0.1, 0.15) is 23.7 Å². The van der Waals surface area contributed by atoms with Crippen LogP contribution < -0.4 is 0 Å². The highest BCUT2D eigenvalue weighted by Gasteiger charge is 2.10. The summed E-state index contributed by atoms with van der Waals surface area (Å²) in [5, 5.41) is 13.6. The summed E-state index contributed by atoms with van der Waals surface area (Å²) in [4.78, 5) is 0.827. The van der Waals surface area contributed by atoms with E-state index in [9.17, 15) is 0 Å². The molecule has 0 spiro atoms. The van der Waals surface area contributed by atoms with Gasteiger partial charge in [0, 0.05) is 19.4 Å². The summed E-state index contributed by atoms with van der Waals surface area (Å²) in [5.74, 6) is 1.45. The first-order chi connectivity index (χ1) is 7.85. The molecule has 2 heterocycles. The SMILES string of the molecule is COCc1nnc2sc(CCCCCl)nn12. The first kappa shape index (κ1) is 11.8. The van der Waals surface area contributed by atoms with E-state index in [-0.39, 0.29) is 0 Å². The Balaban J connectivity index is 2.10. The van der Waals surface area contributed by atoms with Gasteiger partial charge >= 0.3 is 0 Å². The normalized spacial score (nSPS) is 11.4. The van der Waals surface area contributed by atoms with Crippen molar-refractivity contribution in [3.05, 3.63) is 10.8 Å². The molecule has 0 aliphatic carbocycles. The molecule has 0 unspecified atom stereocenters. The maximum atomic E-state index is 5.63. The zero-order valence-corrected chi connectivity index (χ0v) is 10.6. The molecule has 2 aromatic heterocycles. The van der Waals surface area contributed by atoms with Crippen molar-refractivity contribution < 1.29 is 4.74 Å². The van der Waals surface area contributed by atoms with Crippen LogP contribution in [0.25, 0.3) is 4.96 Å². The third kappa shape index (κ3) is 2.50. The monoisotopic (exact) mass is 260 g/mol. The summed E-state index contributed by atoms with van der Waals surface area (Å²) >= 11 is 7.20. The minimum atomic E-state index is 0.437. The highest BCUT2D eigenvalue weighted by Crippen LogP contribution is 2.16. The van der Waals surface area contributed by atoms with E-state index in [1.165, 1.54) is 0 Å². The molecule has 0 N–H and O–H groups in total. The van der Waals surface area contributed by atoms with Gasteiger partial charge in [0.05, 0.1) is 0 Å². The number of unbranched alkanes of at least 4 members (excludes halogenated alkanes) is 1. The first-order valence-corrected chi connectivity index (χ1v) is 6.45. The van der Waals surface area contributed by atoms with E-state index in [1.807, 2.05) is 0 Å². The van der Waals surface area contributed by atoms with Crippen molar-refractivity contribution in [2.75, 3.05) is 13.0 Å². The standard InChI is InChI=1S/C9H13ClN4OS/c1-15-6-7-11-12-9-14(7)13-8(16-9)4-2-3-5-10/h2-6H2,1H3. The van der Waals surface area contributed by atoms with E-state index in [2.05, 4.69) is 15.3 Å². The Morgan fingerprint density at radius 1 is 1.38 bits per heavy atom. The summed E-state index contributed by atoms with van der Waals surface area (Å²) in [6.07, 6.45) is 3.03. The second-order valence-corrected chi connectivity index (χ2v) is 4.80. The molecule has 2 aromatic rings. The second-order valence-electron chi connectivity index (χ2n) is 3.39. The largest absolute Gasteiger partial charge is 0.377 e. The molecule has 2 rings (SSSR count). The maximum absolute atomic E-state index is 5.63. The molecular formula is C9H13ClN4OS. The average Bonchev–Trinajstić information content (AvgIpc) is 2.81. The minimum absolute atomic E-state index is 0.437. The fourth-order valence-electron chi connectivity index (χ4n) is 1.39. The van der Waals surface area contributed by atoms with Crippen LogP contribution in [0.4, 0.5) is 0 Å². The molecule has 0 atom stereocenters. The number of rotatable bonds is 6. The van der Waals surface area contributed by atoms with E-state index in [4.69, 9.17) is 16.3 Å². The molecule has 0 bridgehead atoms. The Kier molecular flexibility index (Phi) is 4.09. The number of nitrogens with zero attached hydrogens (tertiary/aromatic N) is 4. The van der Waals surface area contributed by atoms with Crippen LogP contribution in [0.15, 0.2) is 0 Å². The Labute approximate surface area is 102 Å². The predicted octanol–water partition coefficient (Wildman–Crippen LogP) is 1.89. The number of aryl methyl sites for hydroxylation is 1. The second kappa shape index (κ2) is 5.56. The topological polar surface area (TPSA) is 52.3 Å². The lowest BCUT2D eigenvalue weighted by atomic mass is 10.3. The molecule has 0 fully saturated rings. The van der Waals surface area contributed by atoms with Crippen LogP contribution in [0.5, 0.6) is 0 Å². The van der Waals surface area contributed by atoms with Crippen molar-refractivity contribution in [3.63, 3.8) is 0 Å². The summed E-state index contributed by atoms with van der Waals surface area (Å²) < 4.78 is 6.78. The highest BCUT2D eigenvalue weighted by atomic mass is 35.5. The summed E-state index contributed by atoms with van der Waals surface area (Å²) in [7, 11) is 1.63. The van der Waals surface area contributed by atoms with Gasteiger partial charge in [-0.2, -0.15) is 9.61 Å². The van der Waals surface area contributed by atoms with Crippen LogP contribution in [0, 0.1) is 0 Å². The van der Waals surface area contributed by atoms with Gasteiger partial charge in [-0.15, -0.1) is 21.8 Å². The lowest BCUT2D eigenvalue weighted by molar-refractivity contribution is 0.176. The van der Waals surface area contributed by atoms with E-state index < -0.39 is 0 Å². The lowest BCUT2D eigenvalue weighted by Gasteiger charge is -1.94. The van der Waals surface area contributed by atoms with Crippen molar-refractivity contribution in [1.29, 1.82) is 0 Å². The van der Waals surface area contributed by atoms with Gasteiger partial charge in [0.25, 0.3) is 0 Å². The number of hydrogen-bond donors (Lipinski definition) is 0. The molecular weight excluding hydrogens is 248 g/mol. The number of fused-ring (bicyclic) bond motifs is 1. The quantitative estimate of drug-likeness (QED) is 0.588. The van der Waals surface area contributed by atoms with Gasteiger partial charge in [-0.25, -0.2) is 0 Å². The molecule has 7 heteroatoms. The van der Waals surface area contributed by atoms with E-state index in [1.54, 1.807) is 23.0 Å². The number of hydrogen-bond acceptors (Lipinski definition) is 5. The molecule has 16 heavy (non-hydrogen) atoms. The molecule has 0 saturated carbocycles. The molecule has 88 valence electrons. The van der Waals surface area contributed by atoms with Crippen molar-refractivity contribution in [1.82, 2.24) is 19.8 Å². The van der Waals surface area contributed by atoms with Gasteiger partial charge in [-0.1, -0.05) is 11.3 Å². The van der Waals surface area contributed by atoms with Crippen LogP contribution >= 0.6 is 22.9 Å². The number of ether oxygens (including phenoxy) is 1. The van der Waals surface area contributed by atoms with Crippen molar-refractivity contribution >= 4 is 27.9 Å². The van der Waals surface area contributed by atoms with E-state index >= 15 is 0 Å². The van der Waals surface area contributed by atoms with Crippen LogP contribution in [-0.4, -0.2) is 32.8 Å². The van der Waals surface area contributed by atoms with Gasteiger partial charge in [0.1, 0.15) is 11.6 Å². The lowest BCUT2D eigenvalue weighted by Crippen LogP contribution is -1.98. The molecule has 0 aliphatic rings. The van der Waals surface area contributed by atoms with Gasteiger partial charge in [-0.3, -0.25) is 0 Å². The predicted molar refractivity (Wildman–Crippen MR) is 63.0 cm³/mol. The third-order valence-electron chi connectivity index (χ3n) is 2.15. The van der Waals surface area contributed by atoms with Crippen LogP contribution in [0.2, 0.25) is 0 Å². The van der Waals surface area contributed by atoms with Crippen molar-refractivity contribution in [2.24, 2.45) is 0 Å². The molecule has 0 amide bonds. The molecule has 0 radical (unpaired) electrons. The maximum Gasteiger partial charge on any atom is 0.234 e. The Bertz CT molecular complexity index is 455. The number of methoxy groups -OCH3 is 1. The number of halogens is 1.